The molecule has 1 aliphatic carbocycles. The van der Waals surface area contributed by atoms with Crippen molar-refractivity contribution >= 4 is 22.2 Å². The van der Waals surface area contributed by atoms with Crippen LogP contribution in [0.5, 0.6) is 0 Å². The third-order valence-electron chi connectivity index (χ3n) is 3.93. The Morgan fingerprint density at radius 1 is 1.35 bits per heavy atom. The van der Waals surface area contributed by atoms with Gasteiger partial charge in [0.15, 0.2) is 0 Å². The van der Waals surface area contributed by atoms with Crippen LogP contribution in [0.25, 0.3) is 4.96 Å². The highest BCUT2D eigenvalue weighted by molar-refractivity contribution is 7.19. The highest BCUT2D eigenvalue weighted by atomic mass is 32.1. The summed E-state index contributed by atoms with van der Waals surface area (Å²) in [5, 5.41) is 11.5. The average Bonchev–Trinajstić information content (AvgIpc) is 3.07. The first-order chi connectivity index (χ1) is 9.58. The summed E-state index contributed by atoms with van der Waals surface area (Å²) in [6.07, 6.45) is 4.65. The van der Waals surface area contributed by atoms with Gasteiger partial charge in [-0.05, 0) is 19.8 Å². The number of fused-ring (bicyclic) bond motifs is 1. The average molecular weight is 292 g/mol. The number of aryl methyl sites for hydroxylation is 1. The van der Waals surface area contributed by atoms with Crippen molar-refractivity contribution in [3.05, 3.63) is 16.4 Å². The summed E-state index contributed by atoms with van der Waals surface area (Å²) in [6, 6.07) is 0.346. The smallest absolute Gasteiger partial charge is 0.263 e. The molecule has 0 saturated heterocycles. The summed E-state index contributed by atoms with van der Waals surface area (Å²) in [7, 11) is 0. The van der Waals surface area contributed by atoms with Gasteiger partial charge in [0.2, 0.25) is 4.96 Å². The van der Waals surface area contributed by atoms with E-state index in [9.17, 15) is 4.79 Å². The summed E-state index contributed by atoms with van der Waals surface area (Å²) in [6.45, 7) is 6.15. The summed E-state index contributed by atoms with van der Waals surface area (Å²) in [5.41, 5.74) is 0.953. The fraction of sp³-hybridized carbons (Fsp3) is 0.643. The monoisotopic (exact) mass is 292 g/mol. The van der Waals surface area contributed by atoms with E-state index in [0.29, 0.717) is 12.0 Å². The highest BCUT2D eigenvalue weighted by Crippen LogP contribution is 2.26. The van der Waals surface area contributed by atoms with Gasteiger partial charge in [0, 0.05) is 17.7 Å². The Labute approximate surface area is 122 Å². The van der Waals surface area contributed by atoms with Gasteiger partial charge in [-0.2, -0.15) is 0 Å². The van der Waals surface area contributed by atoms with Crippen molar-refractivity contribution in [1.29, 1.82) is 0 Å². The van der Waals surface area contributed by atoms with E-state index in [1.807, 2.05) is 11.3 Å². The third-order valence-corrected chi connectivity index (χ3v) is 5.06. The number of carbonyl (C=O) groups excluding carboxylic acids is 1. The summed E-state index contributed by atoms with van der Waals surface area (Å²) in [4.78, 5) is 14.0. The number of thiazole rings is 1. The van der Waals surface area contributed by atoms with Crippen LogP contribution in [0.2, 0.25) is 0 Å². The minimum Gasteiger partial charge on any atom is -0.349 e. The van der Waals surface area contributed by atoms with Gasteiger partial charge in [-0.1, -0.05) is 38.0 Å². The number of rotatable bonds is 3. The molecule has 5 nitrogen and oxygen atoms in total. The Kier molecular flexibility index (Phi) is 3.50. The molecule has 0 bridgehead atoms. The van der Waals surface area contributed by atoms with Crippen molar-refractivity contribution in [1.82, 2.24) is 19.9 Å². The van der Waals surface area contributed by atoms with Gasteiger partial charge in [-0.3, -0.25) is 9.20 Å². The van der Waals surface area contributed by atoms with Crippen LogP contribution in [0.3, 0.4) is 0 Å². The molecule has 0 radical (unpaired) electrons. The lowest BCUT2D eigenvalue weighted by Gasteiger charge is -2.11. The molecule has 2 aromatic rings. The van der Waals surface area contributed by atoms with Crippen LogP contribution in [0.1, 0.15) is 66.6 Å². The van der Waals surface area contributed by atoms with Crippen LogP contribution in [-0.2, 0) is 0 Å². The Hall–Kier alpha value is -1.43. The van der Waals surface area contributed by atoms with Crippen molar-refractivity contribution in [2.75, 3.05) is 0 Å². The topological polar surface area (TPSA) is 59.3 Å². The Morgan fingerprint density at radius 3 is 2.70 bits per heavy atom. The van der Waals surface area contributed by atoms with E-state index in [-0.39, 0.29) is 5.91 Å². The lowest BCUT2D eigenvalue weighted by atomic mass is 10.2. The van der Waals surface area contributed by atoms with Gasteiger partial charge in [0.25, 0.3) is 5.91 Å². The number of amides is 1. The molecule has 1 aliphatic rings. The van der Waals surface area contributed by atoms with Crippen LogP contribution in [-0.4, -0.2) is 26.5 Å². The number of nitrogens with one attached hydrogen (secondary N) is 1. The molecule has 3 rings (SSSR count). The molecule has 2 heterocycles. The normalized spacial score (nSPS) is 16.4. The summed E-state index contributed by atoms with van der Waals surface area (Å²) < 4.78 is 2.01. The standard InChI is InChI=1S/C14H20N4OS/c1-8(2)12-16-17-14-18(12)9(3)11(20-14)13(19)15-10-6-4-5-7-10/h8,10H,4-7H2,1-3H3,(H,15,19). The van der Waals surface area contributed by atoms with Crippen molar-refractivity contribution in [3.63, 3.8) is 0 Å². The number of aromatic nitrogens is 3. The lowest BCUT2D eigenvalue weighted by molar-refractivity contribution is 0.0941. The first-order valence-corrected chi connectivity index (χ1v) is 8.05. The SMILES string of the molecule is Cc1c(C(=O)NC2CCCC2)sc2nnc(C(C)C)n12. The Balaban J connectivity index is 1.91. The Bertz CT molecular complexity index is 637. The maximum atomic E-state index is 12.4. The molecule has 0 aliphatic heterocycles. The van der Waals surface area contributed by atoms with E-state index in [0.717, 1.165) is 34.2 Å². The molecule has 0 aromatic carbocycles. The molecule has 108 valence electrons. The second kappa shape index (κ2) is 5.16. The predicted octanol–water partition coefficient (Wildman–Crippen LogP) is 2.90. The fourth-order valence-corrected chi connectivity index (χ4v) is 3.81. The van der Waals surface area contributed by atoms with E-state index in [1.54, 1.807) is 0 Å². The first-order valence-electron chi connectivity index (χ1n) is 7.23. The number of hydrogen-bond donors (Lipinski definition) is 1. The van der Waals surface area contributed by atoms with Gasteiger partial charge in [-0.25, -0.2) is 0 Å². The Morgan fingerprint density at radius 2 is 2.05 bits per heavy atom. The molecule has 1 N–H and O–H groups in total. The predicted molar refractivity (Wildman–Crippen MR) is 79.4 cm³/mol. The van der Waals surface area contributed by atoms with Crippen molar-refractivity contribution in [3.8, 4) is 0 Å². The number of nitrogens with zero attached hydrogens (tertiary/aromatic N) is 3. The second-order valence-corrected chi connectivity index (χ2v) is 6.78. The molecule has 1 saturated carbocycles. The fourth-order valence-electron chi connectivity index (χ4n) is 2.83. The number of hydrogen-bond acceptors (Lipinski definition) is 4. The molecule has 0 spiro atoms. The van der Waals surface area contributed by atoms with E-state index in [2.05, 4.69) is 29.4 Å². The van der Waals surface area contributed by atoms with Crippen LogP contribution in [0, 0.1) is 6.92 Å². The molecule has 0 atom stereocenters. The molecule has 20 heavy (non-hydrogen) atoms. The van der Waals surface area contributed by atoms with Crippen LogP contribution >= 0.6 is 11.3 Å². The zero-order chi connectivity index (χ0) is 14.3. The van der Waals surface area contributed by atoms with E-state index < -0.39 is 0 Å². The highest BCUT2D eigenvalue weighted by Gasteiger charge is 2.23. The number of carbonyl (C=O) groups is 1. The summed E-state index contributed by atoms with van der Waals surface area (Å²) in [5.74, 6) is 1.26. The van der Waals surface area contributed by atoms with E-state index >= 15 is 0 Å². The quantitative estimate of drug-likeness (QED) is 0.946. The third kappa shape index (κ3) is 2.22. The maximum Gasteiger partial charge on any atom is 0.263 e. The van der Waals surface area contributed by atoms with Gasteiger partial charge < -0.3 is 5.32 Å². The lowest BCUT2D eigenvalue weighted by Crippen LogP contribution is -2.32. The summed E-state index contributed by atoms with van der Waals surface area (Å²) >= 11 is 1.43. The van der Waals surface area contributed by atoms with Gasteiger partial charge in [0.1, 0.15) is 10.7 Å². The molecule has 0 unspecified atom stereocenters. The zero-order valence-electron chi connectivity index (χ0n) is 12.1. The minimum atomic E-state index is 0.0413. The minimum absolute atomic E-state index is 0.0413. The van der Waals surface area contributed by atoms with Gasteiger partial charge in [-0.15, -0.1) is 10.2 Å². The zero-order valence-corrected chi connectivity index (χ0v) is 13.0. The van der Waals surface area contributed by atoms with E-state index in [1.165, 1.54) is 24.2 Å². The maximum absolute atomic E-state index is 12.4. The molecule has 6 heteroatoms. The van der Waals surface area contributed by atoms with Crippen LogP contribution < -0.4 is 5.32 Å². The van der Waals surface area contributed by atoms with Crippen LogP contribution in [0.4, 0.5) is 0 Å². The largest absolute Gasteiger partial charge is 0.349 e. The van der Waals surface area contributed by atoms with Crippen molar-refractivity contribution in [2.24, 2.45) is 0 Å². The second-order valence-electron chi connectivity index (χ2n) is 5.80. The molecule has 1 amide bonds. The van der Waals surface area contributed by atoms with Crippen molar-refractivity contribution < 1.29 is 4.79 Å². The molecular formula is C14H20N4OS. The first kappa shape index (κ1) is 13.5. The van der Waals surface area contributed by atoms with Crippen molar-refractivity contribution in [2.45, 2.75) is 58.4 Å². The van der Waals surface area contributed by atoms with Crippen LogP contribution in [0.15, 0.2) is 0 Å². The molecular weight excluding hydrogens is 272 g/mol. The van der Waals surface area contributed by atoms with Gasteiger partial charge in [0.05, 0.1) is 0 Å². The van der Waals surface area contributed by atoms with Gasteiger partial charge >= 0.3 is 0 Å². The molecule has 2 aromatic heterocycles. The molecule has 1 fully saturated rings. The van der Waals surface area contributed by atoms with E-state index in [4.69, 9.17) is 0 Å².